The van der Waals surface area contributed by atoms with Crippen LogP contribution in [0.5, 0.6) is 5.75 Å². The number of sulfonamides is 1. The molecule has 0 radical (unpaired) electrons. The minimum Gasteiger partial charge on any atom is -0.494 e. The number of amides is 2. The van der Waals surface area contributed by atoms with E-state index in [4.69, 9.17) is 4.74 Å². The maximum absolute atomic E-state index is 12.7. The van der Waals surface area contributed by atoms with Gasteiger partial charge < -0.3 is 19.5 Å². The van der Waals surface area contributed by atoms with E-state index in [9.17, 15) is 13.2 Å². The average molecular weight is 407 g/mol. The van der Waals surface area contributed by atoms with Crippen molar-refractivity contribution in [3.8, 4) is 5.75 Å². The smallest absolute Gasteiger partial charge is 0.321 e. The van der Waals surface area contributed by atoms with Crippen LogP contribution in [-0.4, -0.2) is 66.0 Å². The molecule has 1 aliphatic heterocycles. The van der Waals surface area contributed by atoms with E-state index in [1.165, 1.54) is 16.8 Å². The number of hydrogen-bond donors (Lipinski definition) is 1. The van der Waals surface area contributed by atoms with E-state index in [1.54, 1.807) is 40.8 Å². The van der Waals surface area contributed by atoms with Crippen LogP contribution in [0.25, 0.3) is 0 Å². The summed E-state index contributed by atoms with van der Waals surface area (Å²) in [7, 11) is -1.93. The lowest BCUT2D eigenvalue weighted by molar-refractivity contribution is 0.214. The lowest BCUT2D eigenvalue weighted by Crippen LogP contribution is -2.39. The molecular weight excluding hydrogens is 382 g/mol. The summed E-state index contributed by atoms with van der Waals surface area (Å²) in [6, 6.07) is 6.89. The Hall–Kier alpha value is -2.59. The van der Waals surface area contributed by atoms with Crippen molar-refractivity contribution in [1.29, 1.82) is 0 Å². The molecule has 9 nitrogen and oxygen atoms in total. The molecule has 2 heterocycles. The van der Waals surface area contributed by atoms with E-state index in [2.05, 4.69) is 10.3 Å². The molecule has 28 heavy (non-hydrogen) atoms. The molecule has 3 rings (SSSR count). The quantitative estimate of drug-likeness (QED) is 0.814. The number of carbonyl (C=O) groups excluding carboxylic acids is 1. The third-order valence-electron chi connectivity index (χ3n) is 4.44. The highest BCUT2D eigenvalue weighted by molar-refractivity contribution is 7.89. The molecule has 1 N–H and O–H groups in total. The van der Waals surface area contributed by atoms with Gasteiger partial charge >= 0.3 is 6.03 Å². The van der Waals surface area contributed by atoms with Gasteiger partial charge in [-0.2, -0.15) is 4.31 Å². The molecule has 2 amide bonds. The molecule has 0 aliphatic carbocycles. The molecule has 1 aromatic heterocycles. The lowest BCUT2D eigenvalue weighted by Gasteiger charge is -2.22. The second kappa shape index (κ2) is 8.61. The first-order chi connectivity index (χ1) is 13.4. The standard InChI is InChI=1S/C18H25N5O4S/c1-3-27-16-7-5-15(6-8-16)20-18(24)22-9-4-10-23(12-11-22)28(25,26)17-13-21(2)14-19-17/h5-8,13-14H,3-4,9-12H2,1-2H3,(H,20,24). The SMILES string of the molecule is CCOc1ccc(NC(=O)N2CCCN(S(=O)(=O)c3cn(C)cn3)CC2)cc1. The maximum Gasteiger partial charge on any atom is 0.321 e. The van der Waals surface area contributed by atoms with Crippen molar-refractivity contribution in [2.24, 2.45) is 7.05 Å². The van der Waals surface area contributed by atoms with Gasteiger partial charge in [0.1, 0.15) is 5.75 Å². The van der Waals surface area contributed by atoms with Gasteiger partial charge in [0.05, 0.1) is 12.9 Å². The molecule has 2 aromatic rings. The van der Waals surface area contributed by atoms with E-state index < -0.39 is 10.0 Å². The number of aryl methyl sites for hydroxylation is 1. The fraction of sp³-hybridized carbons (Fsp3) is 0.444. The Morgan fingerprint density at radius 3 is 2.57 bits per heavy atom. The molecule has 1 aromatic carbocycles. The van der Waals surface area contributed by atoms with Crippen molar-refractivity contribution in [3.05, 3.63) is 36.8 Å². The Morgan fingerprint density at radius 1 is 1.18 bits per heavy atom. The van der Waals surface area contributed by atoms with E-state index in [-0.39, 0.29) is 17.6 Å². The fourth-order valence-electron chi connectivity index (χ4n) is 3.00. The van der Waals surface area contributed by atoms with E-state index in [0.717, 1.165) is 5.75 Å². The van der Waals surface area contributed by atoms with Crippen LogP contribution in [-0.2, 0) is 17.1 Å². The van der Waals surface area contributed by atoms with Crippen LogP contribution in [0.3, 0.4) is 0 Å². The number of nitrogens with one attached hydrogen (secondary N) is 1. The normalized spacial score (nSPS) is 15.9. The van der Waals surface area contributed by atoms with Crippen molar-refractivity contribution in [1.82, 2.24) is 18.8 Å². The molecule has 0 bridgehead atoms. The van der Waals surface area contributed by atoms with Crippen molar-refractivity contribution >= 4 is 21.7 Å². The first-order valence-electron chi connectivity index (χ1n) is 9.17. The molecule has 10 heteroatoms. The van der Waals surface area contributed by atoms with Gasteiger partial charge in [-0.15, -0.1) is 0 Å². The van der Waals surface area contributed by atoms with E-state index >= 15 is 0 Å². The first-order valence-corrected chi connectivity index (χ1v) is 10.6. The molecule has 0 spiro atoms. The van der Waals surface area contributed by atoms with Crippen LogP contribution in [0.1, 0.15) is 13.3 Å². The number of imidazole rings is 1. The van der Waals surface area contributed by atoms with Crippen molar-refractivity contribution in [2.75, 3.05) is 38.1 Å². The number of benzene rings is 1. The van der Waals surface area contributed by atoms with Gasteiger partial charge in [0, 0.05) is 45.1 Å². The highest BCUT2D eigenvalue weighted by atomic mass is 32.2. The summed E-state index contributed by atoms with van der Waals surface area (Å²) in [5.41, 5.74) is 0.663. The third-order valence-corrected chi connectivity index (χ3v) is 6.23. The first kappa shape index (κ1) is 20.2. The number of urea groups is 1. The number of nitrogens with zero attached hydrogens (tertiary/aromatic N) is 4. The summed E-state index contributed by atoms with van der Waals surface area (Å²) >= 11 is 0. The molecular formula is C18H25N5O4S. The highest BCUT2D eigenvalue weighted by Gasteiger charge is 2.29. The molecule has 1 saturated heterocycles. The van der Waals surface area contributed by atoms with Gasteiger partial charge in [-0.25, -0.2) is 18.2 Å². The zero-order valence-electron chi connectivity index (χ0n) is 16.0. The van der Waals surface area contributed by atoms with Gasteiger partial charge in [0.15, 0.2) is 5.03 Å². The van der Waals surface area contributed by atoms with Gasteiger partial charge in [-0.1, -0.05) is 0 Å². The van der Waals surface area contributed by atoms with Gasteiger partial charge in [-0.3, -0.25) is 0 Å². The van der Waals surface area contributed by atoms with E-state index in [0.29, 0.717) is 38.3 Å². The van der Waals surface area contributed by atoms with Gasteiger partial charge in [0.25, 0.3) is 10.0 Å². The predicted octanol–water partition coefficient (Wildman–Crippen LogP) is 1.75. The van der Waals surface area contributed by atoms with Crippen LogP contribution in [0, 0.1) is 0 Å². The van der Waals surface area contributed by atoms with Crippen LogP contribution < -0.4 is 10.1 Å². The summed E-state index contributed by atoms with van der Waals surface area (Å²) < 4.78 is 33.8. The summed E-state index contributed by atoms with van der Waals surface area (Å²) in [5, 5.41) is 2.88. The zero-order valence-corrected chi connectivity index (χ0v) is 16.9. The largest absolute Gasteiger partial charge is 0.494 e. The number of carbonyl (C=O) groups is 1. The van der Waals surface area contributed by atoms with Crippen LogP contribution >= 0.6 is 0 Å². The molecule has 152 valence electrons. The van der Waals surface area contributed by atoms with Crippen molar-refractivity contribution in [2.45, 2.75) is 18.4 Å². The molecule has 0 unspecified atom stereocenters. The summed E-state index contributed by atoms with van der Waals surface area (Å²) in [6.07, 6.45) is 3.50. The second-order valence-corrected chi connectivity index (χ2v) is 8.39. The van der Waals surface area contributed by atoms with Crippen LogP contribution in [0.4, 0.5) is 10.5 Å². The average Bonchev–Trinajstić information content (AvgIpc) is 2.96. The Labute approximate surface area is 165 Å². The summed E-state index contributed by atoms with van der Waals surface area (Å²) in [6.45, 7) is 3.87. The van der Waals surface area contributed by atoms with Gasteiger partial charge in [-0.05, 0) is 37.6 Å². The minimum atomic E-state index is -3.65. The Morgan fingerprint density at radius 2 is 1.93 bits per heavy atom. The van der Waals surface area contributed by atoms with Crippen LogP contribution in [0.15, 0.2) is 41.8 Å². The third kappa shape index (κ3) is 4.63. The number of ether oxygens (including phenoxy) is 1. The predicted molar refractivity (Wildman–Crippen MR) is 105 cm³/mol. The minimum absolute atomic E-state index is 0.0299. The number of aromatic nitrogens is 2. The molecule has 1 fully saturated rings. The number of hydrogen-bond acceptors (Lipinski definition) is 5. The molecule has 0 atom stereocenters. The Balaban J connectivity index is 1.60. The van der Waals surface area contributed by atoms with Gasteiger partial charge in [0.2, 0.25) is 0 Å². The molecule has 1 aliphatic rings. The highest BCUT2D eigenvalue weighted by Crippen LogP contribution is 2.18. The topological polar surface area (TPSA) is 96.8 Å². The van der Waals surface area contributed by atoms with Crippen molar-refractivity contribution < 1.29 is 17.9 Å². The Kier molecular flexibility index (Phi) is 6.20. The molecule has 0 saturated carbocycles. The van der Waals surface area contributed by atoms with Crippen molar-refractivity contribution in [3.63, 3.8) is 0 Å². The second-order valence-electron chi connectivity index (χ2n) is 6.51. The number of rotatable bonds is 5. The summed E-state index contributed by atoms with van der Waals surface area (Å²) in [5.74, 6) is 0.741. The number of anilines is 1. The Bertz CT molecular complexity index is 910. The zero-order chi connectivity index (χ0) is 20.1. The summed E-state index contributed by atoms with van der Waals surface area (Å²) in [4.78, 5) is 18.1. The lowest BCUT2D eigenvalue weighted by atomic mass is 10.3. The monoisotopic (exact) mass is 407 g/mol. The maximum atomic E-state index is 12.7. The fourth-order valence-corrected chi connectivity index (χ4v) is 4.43. The van der Waals surface area contributed by atoms with Crippen LogP contribution in [0.2, 0.25) is 0 Å². The van der Waals surface area contributed by atoms with E-state index in [1.807, 2.05) is 6.92 Å².